The summed E-state index contributed by atoms with van der Waals surface area (Å²) in [6.45, 7) is 2.85. The van der Waals surface area contributed by atoms with Crippen molar-refractivity contribution in [3.63, 3.8) is 0 Å². The number of hydrogen-bond acceptors (Lipinski definition) is 2. The summed E-state index contributed by atoms with van der Waals surface area (Å²) in [5, 5.41) is 4.36. The molecule has 0 aromatic carbocycles. The van der Waals surface area contributed by atoms with Crippen LogP contribution in [0.1, 0.15) is 24.2 Å². The van der Waals surface area contributed by atoms with Gasteiger partial charge in [0.2, 0.25) is 0 Å². The standard InChI is InChI=1S/C9H17N3/c1-8-7-9(11-12(8)2)5-3-4-6-10/h7H,3-6,10H2,1-2H3. The van der Waals surface area contributed by atoms with Crippen LogP contribution in [0.15, 0.2) is 6.07 Å². The van der Waals surface area contributed by atoms with E-state index in [9.17, 15) is 0 Å². The minimum Gasteiger partial charge on any atom is -0.330 e. The Morgan fingerprint density at radius 1 is 1.50 bits per heavy atom. The second-order valence-electron chi connectivity index (χ2n) is 3.15. The molecule has 1 rings (SSSR count). The van der Waals surface area contributed by atoms with E-state index in [-0.39, 0.29) is 0 Å². The van der Waals surface area contributed by atoms with Crippen LogP contribution in [0.4, 0.5) is 0 Å². The zero-order valence-electron chi connectivity index (χ0n) is 7.88. The molecular formula is C9H17N3. The molecule has 0 aliphatic rings. The maximum absolute atomic E-state index is 5.40. The maximum atomic E-state index is 5.40. The SMILES string of the molecule is Cc1cc(CCCCN)nn1C. The van der Waals surface area contributed by atoms with Gasteiger partial charge in [-0.15, -0.1) is 0 Å². The average molecular weight is 167 g/mol. The molecule has 3 nitrogen and oxygen atoms in total. The third kappa shape index (κ3) is 2.34. The third-order valence-corrected chi connectivity index (χ3v) is 2.05. The predicted octanol–water partition coefficient (Wildman–Crippen LogP) is 1.01. The molecule has 0 bridgehead atoms. The van der Waals surface area contributed by atoms with Crippen LogP contribution in [0.3, 0.4) is 0 Å². The minimum absolute atomic E-state index is 0.784. The molecule has 1 aromatic heterocycles. The van der Waals surface area contributed by atoms with Crippen molar-refractivity contribution in [3.8, 4) is 0 Å². The van der Waals surface area contributed by atoms with E-state index in [0.717, 1.165) is 25.8 Å². The van der Waals surface area contributed by atoms with Crippen molar-refractivity contribution in [1.29, 1.82) is 0 Å². The van der Waals surface area contributed by atoms with Gasteiger partial charge in [0.05, 0.1) is 5.69 Å². The van der Waals surface area contributed by atoms with E-state index >= 15 is 0 Å². The van der Waals surface area contributed by atoms with E-state index in [1.54, 1.807) is 0 Å². The summed E-state index contributed by atoms with van der Waals surface area (Å²) < 4.78 is 1.91. The van der Waals surface area contributed by atoms with Crippen LogP contribution >= 0.6 is 0 Å². The lowest BCUT2D eigenvalue weighted by Gasteiger charge is -1.93. The fourth-order valence-electron chi connectivity index (χ4n) is 1.21. The highest BCUT2D eigenvalue weighted by molar-refractivity contribution is 5.08. The van der Waals surface area contributed by atoms with Crippen molar-refractivity contribution < 1.29 is 0 Å². The van der Waals surface area contributed by atoms with Crippen molar-refractivity contribution in [3.05, 3.63) is 17.5 Å². The molecule has 0 saturated carbocycles. The van der Waals surface area contributed by atoms with Gasteiger partial charge in [-0.1, -0.05) is 0 Å². The summed E-state index contributed by atoms with van der Waals surface area (Å²) in [7, 11) is 1.97. The Bertz CT molecular complexity index is 220. The van der Waals surface area contributed by atoms with E-state index < -0.39 is 0 Å². The monoisotopic (exact) mass is 167 g/mol. The molecule has 3 heteroatoms. The Balaban J connectivity index is 2.42. The summed E-state index contributed by atoms with van der Waals surface area (Å²) in [6.07, 6.45) is 3.29. The molecule has 0 unspecified atom stereocenters. The van der Waals surface area contributed by atoms with E-state index in [1.807, 2.05) is 11.7 Å². The predicted molar refractivity (Wildman–Crippen MR) is 49.9 cm³/mol. The van der Waals surface area contributed by atoms with Gasteiger partial charge in [0.1, 0.15) is 0 Å². The first-order valence-corrected chi connectivity index (χ1v) is 4.43. The van der Waals surface area contributed by atoms with E-state index in [2.05, 4.69) is 18.1 Å². The van der Waals surface area contributed by atoms with E-state index in [4.69, 9.17) is 5.73 Å². The Hall–Kier alpha value is -0.830. The molecule has 0 radical (unpaired) electrons. The molecule has 0 atom stereocenters. The Kier molecular flexibility index (Phi) is 3.29. The molecule has 1 aromatic rings. The van der Waals surface area contributed by atoms with Crippen LogP contribution in [-0.4, -0.2) is 16.3 Å². The zero-order chi connectivity index (χ0) is 8.97. The molecule has 0 aliphatic heterocycles. The molecule has 1 heterocycles. The molecule has 0 saturated heterocycles. The van der Waals surface area contributed by atoms with Gasteiger partial charge in [0, 0.05) is 12.7 Å². The third-order valence-electron chi connectivity index (χ3n) is 2.05. The zero-order valence-corrected chi connectivity index (χ0v) is 7.88. The summed E-state index contributed by atoms with van der Waals surface area (Å²) in [4.78, 5) is 0. The molecule has 12 heavy (non-hydrogen) atoms. The van der Waals surface area contributed by atoms with Gasteiger partial charge in [0.25, 0.3) is 0 Å². The van der Waals surface area contributed by atoms with Crippen LogP contribution in [0, 0.1) is 6.92 Å². The fraction of sp³-hybridized carbons (Fsp3) is 0.667. The van der Waals surface area contributed by atoms with Crippen molar-refractivity contribution in [1.82, 2.24) is 9.78 Å². The lowest BCUT2D eigenvalue weighted by atomic mass is 10.2. The summed E-state index contributed by atoms with van der Waals surface area (Å²) in [5.74, 6) is 0. The summed E-state index contributed by atoms with van der Waals surface area (Å²) >= 11 is 0. The molecule has 68 valence electrons. The second kappa shape index (κ2) is 4.26. The number of nitrogens with two attached hydrogens (primary N) is 1. The minimum atomic E-state index is 0.784. The lowest BCUT2D eigenvalue weighted by Crippen LogP contribution is -1.99. The van der Waals surface area contributed by atoms with Gasteiger partial charge in [-0.2, -0.15) is 5.10 Å². The molecule has 0 fully saturated rings. The van der Waals surface area contributed by atoms with Gasteiger partial charge in [-0.3, -0.25) is 4.68 Å². The normalized spacial score (nSPS) is 10.6. The topological polar surface area (TPSA) is 43.8 Å². The van der Waals surface area contributed by atoms with Gasteiger partial charge in [0.15, 0.2) is 0 Å². The van der Waals surface area contributed by atoms with Crippen LogP contribution in [0.25, 0.3) is 0 Å². The highest BCUT2D eigenvalue weighted by Gasteiger charge is 1.99. The number of hydrogen-bond donors (Lipinski definition) is 1. The van der Waals surface area contributed by atoms with Gasteiger partial charge in [-0.25, -0.2) is 0 Å². The fourth-order valence-corrected chi connectivity index (χ4v) is 1.21. The van der Waals surface area contributed by atoms with Gasteiger partial charge < -0.3 is 5.73 Å². The first-order chi connectivity index (χ1) is 5.74. The number of rotatable bonds is 4. The van der Waals surface area contributed by atoms with Crippen LogP contribution in [-0.2, 0) is 13.5 Å². The van der Waals surface area contributed by atoms with E-state index in [0.29, 0.717) is 0 Å². The van der Waals surface area contributed by atoms with Crippen LogP contribution < -0.4 is 5.73 Å². The number of aryl methyl sites for hydroxylation is 3. The van der Waals surface area contributed by atoms with Gasteiger partial charge in [-0.05, 0) is 38.8 Å². The first-order valence-electron chi connectivity index (χ1n) is 4.43. The second-order valence-corrected chi connectivity index (χ2v) is 3.15. The van der Waals surface area contributed by atoms with Gasteiger partial charge >= 0.3 is 0 Å². The molecule has 0 spiro atoms. The first kappa shape index (κ1) is 9.26. The number of unbranched alkanes of at least 4 members (excludes halogenated alkanes) is 1. The van der Waals surface area contributed by atoms with Crippen LogP contribution in [0.5, 0.6) is 0 Å². The number of aromatic nitrogens is 2. The highest BCUT2D eigenvalue weighted by Crippen LogP contribution is 2.04. The highest BCUT2D eigenvalue weighted by atomic mass is 15.3. The van der Waals surface area contributed by atoms with Crippen molar-refractivity contribution in [2.75, 3.05) is 6.54 Å². The Morgan fingerprint density at radius 3 is 2.75 bits per heavy atom. The lowest BCUT2D eigenvalue weighted by molar-refractivity contribution is 0.688. The smallest absolute Gasteiger partial charge is 0.0627 e. The Labute approximate surface area is 73.6 Å². The Morgan fingerprint density at radius 2 is 2.25 bits per heavy atom. The number of nitrogens with zero attached hydrogens (tertiary/aromatic N) is 2. The molecular weight excluding hydrogens is 150 g/mol. The maximum Gasteiger partial charge on any atom is 0.0627 e. The largest absolute Gasteiger partial charge is 0.330 e. The molecule has 2 N–H and O–H groups in total. The summed E-state index contributed by atoms with van der Waals surface area (Å²) in [5.41, 5.74) is 7.81. The van der Waals surface area contributed by atoms with Crippen molar-refractivity contribution in [2.45, 2.75) is 26.2 Å². The van der Waals surface area contributed by atoms with E-state index in [1.165, 1.54) is 11.4 Å². The summed E-state index contributed by atoms with van der Waals surface area (Å²) in [6, 6.07) is 2.14. The van der Waals surface area contributed by atoms with Crippen molar-refractivity contribution >= 4 is 0 Å². The quantitative estimate of drug-likeness (QED) is 0.680. The van der Waals surface area contributed by atoms with Crippen LogP contribution in [0.2, 0.25) is 0 Å². The average Bonchev–Trinajstić information content (AvgIpc) is 2.32. The molecule has 0 aliphatic carbocycles. The van der Waals surface area contributed by atoms with Crippen molar-refractivity contribution in [2.24, 2.45) is 12.8 Å². The molecule has 0 amide bonds.